The maximum absolute atomic E-state index is 4.42. The second-order valence-corrected chi connectivity index (χ2v) is 5.15. The van der Waals surface area contributed by atoms with Gasteiger partial charge in [0.2, 0.25) is 5.13 Å². The van der Waals surface area contributed by atoms with E-state index in [4.69, 9.17) is 0 Å². The van der Waals surface area contributed by atoms with Gasteiger partial charge in [-0.15, -0.1) is 0 Å². The summed E-state index contributed by atoms with van der Waals surface area (Å²) in [6.07, 6.45) is 3.23. The van der Waals surface area contributed by atoms with Crippen molar-refractivity contribution >= 4 is 28.0 Å². The summed E-state index contributed by atoms with van der Waals surface area (Å²) in [5, 5.41) is 7.61. The Hall–Kier alpha value is -1.62. The summed E-state index contributed by atoms with van der Waals surface area (Å²) in [5.41, 5.74) is 3.74. The summed E-state index contributed by atoms with van der Waals surface area (Å²) >= 11 is 1.42. The standard InChI is InChI=1S/C13H16N4S/c1-2-12-16-13(18-17-12)15-10-5-6-11-9(8-10)4-3-7-14-11/h5-6,8,14H,2-4,7H2,1H3,(H,15,16,17). The molecule has 18 heavy (non-hydrogen) atoms. The van der Waals surface area contributed by atoms with E-state index < -0.39 is 0 Å². The Morgan fingerprint density at radius 3 is 3.22 bits per heavy atom. The van der Waals surface area contributed by atoms with Gasteiger partial charge in [0, 0.05) is 35.9 Å². The number of hydrogen-bond acceptors (Lipinski definition) is 5. The van der Waals surface area contributed by atoms with Crippen LogP contribution >= 0.6 is 11.5 Å². The average Bonchev–Trinajstić information content (AvgIpc) is 2.86. The van der Waals surface area contributed by atoms with Gasteiger partial charge in [0.1, 0.15) is 5.82 Å². The lowest BCUT2D eigenvalue weighted by Crippen LogP contribution is -2.11. The molecule has 4 nitrogen and oxygen atoms in total. The van der Waals surface area contributed by atoms with Crippen molar-refractivity contribution in [2.24, 2.45) is 0 Å². The van der Waals surface area contributed by atoms with Gasteiger partial charge in [-0.25, -0.2) is 4.98 Å². The zero-order chi connectivity index (χ0) is 12.4. The first-order chi connectivity index (χ1) is 8.85. The van der Waals surface area contributed by atoms with Crippen LogP contribution in [0.5, 0.6) is 0 Å². The molecule has 1 aromatic heterocycles. The molecule has 0 saturated heterocycles. The summed E-state index contributed by atoms with van der Waals surface area (Å²) in [5.74, 6) is 0.905. The molecule has 94 valence electrons. The number of rotatable bonds is 3. The molecule has 0 amide bonds. The van der Waals surface area contributed by atoms with Crippen molar-refractivity contribution in [2.75, 3.05) is 17.2 Å². The monoisotopic (exact) mass is 260 g/mol. The number of nitrogens with zero attached hydrogens (tertiary/aromatic N) is 2. The summed E-state index contributed by atoms with van der Waals surface area (Å²) < 4.78 is 4.27. The smallest absolute Gasteiger partial charge is 0.207 e. The third-order valence-electron chi connectivity index (χ3n) is 3.08. The molecule has 0 atom stereocenters. The van der Waals surface area contributed by atoms with Crippen LogP contribution in [-0.2, 0) is 12.8 Å². The predicted octanol–water partition coefficient (Wildman–Crippen LogP) is 3.20. The van der Waals surface area contributed by atoms with Crippen molar-refractivity contribution in [2.45, 2.75) is 26.2 Å². The van der Waals surface area contributed by atoms with Crippen molar-refractivity contribution in [1.29, 1.82) is 0 Å². The van der Waals surface area contributed by atoms with Crippen LogP contribution in [0.15, 0.2) is 18.2 Å². The Balaban J connectivity index is 1.80. The molecule has 1 aliphatic rings. The van der Waals surface area contributed by atoms with Crippen molar-refractivity contribution in [3.05, 3.63) is 29.6 Å². The lowest BCUT2D eigenvalue weighted by Gasteiger charge is -2.18. The molecule has 0 aliphatic carbocycles. The van der Waals surface area contributed by atoms with Crippen LogP contribution in [0.3, 0.4) is 0 Å². The molecular weight excluding hydrogens is 244 g/mol. The minimum atomic E-state index is 0.871. The number of aryl methyl sites for hydroxylation is 2. The minimum Gasteiger partial charge on any atom is -0.385 e. The van der Waals surface area contributed by atoms with Gasteiger partial charge in [0.25, 0.3) is 0 Å². The number of anilines is 3. The van der Waals surface area contributed by atoms with E-state index in [1.54, 1.807) is 0 Å². The summed E-state index contributed by atoms with van der Waals surface area (Å²) in [7, 11) is 0. The van der Waals surface area contributed by atoms with Gasteiger partial charge in [0.15, 0.2) is 0 Å². The molecule has 1 aliphatic heterocycles. The molecule has 2 N–H and O–H groups in total. The van der Waals surface area contributed by atoms with Crippen LogP contribution < -0.4 is 10.6 Å². The molecule has 1 aromatic carbocycles. The third-order valence-corrected chi connectivity index (χ3v) is 3.75. The summed E-state index contributed by atoms with van der Waals surface area (Å²) in [6.45, 7) is 3.15. The second kappa shape index (κ2) is 4.94. The molecule has 0 spiro atoms. The van der Waals surface area contributed by atoms with Gasteiger partial charge in [0.05, 0.1) is 0 Å². The van der Waals surface area contributed by atoms with Gasteiger partial charge < -0.3 is 10.6 Å². The number of benzene rings is 1. The van der Waals surface area contributed by atoms with Gasteiger partial charge in [-0.2, -0.15) is 4.37 Å². The molecule has 0 unspecified atom stereocenters. The van der Waals surface area contributed by atoms with E-state index in [2.05, 4.69) is 45.1 Å². The molecule has 5 heteroatoms. The average molecular weight is 260 g/mol. The fourth-order valence-corrected chi connectivity index (χ4v) is 2.80. The van der Waals surface area contributed by atoms with Crippen LogP contribution in [0.25, 0.3) is 0 Å². The van der Waals surface area contributed by atoms with Crippen LogP contribution in [0.1, 0.15) is 24.7 Å². The van der Waals surface area contributed by atoms with Crippen LogP contribution in [-0.4, -0.2) is 15.9 Å². The zero-order valence-electron chi connectivity index (χ0n) is 10.4. The third kappa shape index (κ3) is 2.31. The number of nitrogens with one attached hydrogen (secondary N) is 2. The van der Waals surface area contributed by atoms with E-state index in [1.165, 1.54) is 29.2 Å². The number of hydrogen-bond donors (Lipinski definition) is 2. The molecule has 3 rings (SSSR count). The van der Waals surface area contributed by atoms with Crippen LogP contribution in [0, 0.1) is 0 Å². The van der Waals surface area contributed by atoms with E-state index in [1.807, 2.05) is 0 Å². The van der Waals surface area contributed by atoms with E-state index in [0.29, 0.717) is 0 Å². The Bertz CT molecular complexity index is 550. The topological polar surface area (TPSA) is 49.8 Å². The second-order valence-electron chi connectivity index (χ2n) is 4.40. The summed E-state index contributed by atoms with van der Waals surface area (Å²) in [6, 6.07) is 6.43. The predicted molar refractivity (Wildman–Crippen MR) is 75.8 cm³/mol. The van der Waals surface area contributed by atoms with Crippen molar-refractivity contribution in [3.63, 3.8) is 0 Å². The first-order valence-electron chi connectivity index (χ1n) is 6.31. The van der Waals surface area contributed by atoms with E-state index in [-0.39, 0.29) is 0 Å². The van der Waals surface area contributed by atoms with E-state index >= 15 is 0 Å². The Morgan fingerprint density at radius 1 is 1.44 bits per heavy atom. The Labute approximate surface area is 111 Å². The Morgan fingerprint density at radius 2 is 2.39 bits per heavy atom. The first-order valence-corrected chi connectivity index (χ1v) is 7.09. The van der Waals surface area contributed by atoms with E-state index in [0.717, 1.165) is 36.0 Å². The highest BCUT2D eigenvalue weighted by Crippen LogP contribution is 2.27. The lowest BCUT2D eigenvalue weighted by atomic mass is 10.0. The van der Waals surface area contributed by atoms with Crippen LogP contribution in [0.2, 0.25) is 0 Å². The molecule has 0 bridgehead atoms. The first kappa shape index (κ1) is 11.5. The Kier molecular flexibility index (Phi) is 3.15. The molecule has 2 aromatic rings. The highest BCUT2D eigenvalue weighted by molar-refractivity contribution is 7.09. The van der Waals surface area contributed by atoms with Gasteiger partial charge >= 0.3 is 0 Å². The fraction of sp³-hybridized carbons (Fsp3) is 0.385. The summed E-state index contributed by atoms with van der Waals surface area (Å²) in [4.78, 5) is 4.42. The molecule has 2 heterocycles. The maximum Gasteiger partial charge on any atom is 0.207 e. The normalized spacial score (nSPS) is 13.8. The fourth-order valence-electron chi connectivity index (χ4n) is 2.12. The maximum atomic E-state index is 4.42. The quantitative estimate of drug-likeness (QED) is 0.889. The zero-order valence-corrected chi connectivity index (χ0v) is 11.2. The molecule has 0 fully saturated rings. The van der Waals surface area contributed by atoms with Gasteiger partial charge in [-0.05, 0) is 36.6 Å². The number of aromatic nitrogens is 2. The van der Waals surface area contributed by atoms with Crippen molar-refractivity contribution < 1.29 is 0 Å². The SMILES string of the molecule is CCc1nsc(Nc2ccc3c(c2)CCCN3)n1. The van der Waals surface area contributed by atoms with Gasteiger partial charge in [-0.1, -0.05) is 6.92 Å². The molecular formula is C13H16N4S. The largest absolute Gasteiger partial charge is 0.385 e. The van der Waals surface area contributed by atoms with Crippen LogP contribution in [0.4, 0.5) is 16.5 Å². The van der Waals surface area contributed by atoms with Crippen molar-refractivity contribution in [3.8, 4) is 0 Å². The van der Waals surface area contributed by atoms with Crippen molar-refractivity contribution in [1.82, 2.24) is 9.36 Å². The van der Waals surface area contributed by atoms with E-state index in [9.17, 15) is 0 Å². The minimum absolute atomic E-state index is 0.871. The molecule has 0 radical (unpaired) electrons. The highest BCUT2D eigenvalue weighted by atomic mass is 32.1. The highest BCUT2D eigenvalue weighted by Gasteiger charge is 2.09. The molecule has 0 saturated carbocycles. The number of fused-ring (bicyclic) bond motifs is 1. The lowest BCUT2D eigenvalue weighted by molar-refractivity contribution is 0.830. The van der Waals surface area contributed by atoms with Gasteiger partial charge in [-0.3, -0.25) is 0 Å².